The Hall–Kier alpha value is -2.83. The van der Waals surface area contributed by atoms with Crippen molar-refractivity contribution in [2.75, 3.05) is 6.54 Å². The van der Waals surface area contributed by atoms with Gasteiger partial charge in [-0.05, 0) is 31.5 Å². The third-order valence-electron chi connectivity index (χ3n) is 3.38. The Morgan fingerprint density at radius 2 is 2.18 bits per heavy atom. The van der Waals surface area contributed by atoms with Crippen molar-refractivity contribution in [1.82, 2.24) is 29.5 Å². The molecule has 0 unspecified atom stereocenters. The predicted molar refractivity (Wildman–Crippen MR) is 80.2 cm³/mol. The molecule has 3 rings (SSSR count). The number of hydrogen-bond acceptors (Lipinski definition) is 5. The average Bonchev–Trinajstić information content (AvgIpc) is 2.95. The number of pyridine rings is 1. The van der Waals surface area contributed by atoms with Crippen LogP contribution >= 0.6 is 0 Å². The van der Waals surface area contributed by atoms with Gasteiger partial charge >= 0.3 is 0 Å². The van der Waals surface area contributed by atoms with Crippen molar-refractivity contribution >= 4 is 11.7 Å². The fourth-order valence-electron chi connectivity index (χ4n) is 2.20. The van der Waals surface area contributed by atoms with Crippen molar-refractivity contribution in [2.24, 2.45) is 0 Å². The van der Waals surface area contributed by atoms with Crippen molar-refractivity contribution in [3.05, 3.63) is 53.9 Å². The molecule has 0 aromatic carbocycles. The van der Waals surface area contributed by atoms with Crippen LogP contribution in [0.2, 0.25) is 0 Å². The molecule has 0 saturated carbocycles. The molecule has 0 radical (unpaired) electrons. The topological polar surface area (TPSA) is 76.3 Å². The van der Waals surface area contributed by atoms with Crippen LogP contribution in [0, 0.1) is 6.92 Å². The largest absolute Gasteiger partial charge is 0.332 e. The van der Waals surface area contributed by atoms with E-state index in [2.05, 4.69) is 20.2 Å². The third-order valence-corrected chi connectivity index (χ3v) is 3.38. The van der Waals surface area contributed by atoms with E-state index >= 15 is 0 Å². The van der Waals surface area contributed by atoms with Gasteiger partial charge in [0.05, 0.1) is 0 Å². The van der Waals surface area contributed by atoms with Crippen LogP contribution in [0.25, 0.3) is 5.78 Å². The van der Waals surface area contributed by atoms with Crippen LogP contribution in [-0.4, -0.2) is 41.9 Å². The van der Waals surface area contributed by atoms with Crippen molar-refractivity contribution in [3.63, 3.8) is 0 Å². The fraction of sp³-hybridized carbons (Fsp3) is 0.267. The van der Waals surface area contributed by atoms with E-state index in [9.17, 15) is 4.79 Å². The molecule has 7 nitrogen and oxygen atoms in total. The first-order valence-corrected chi connectivity index (χ1v) is 7.05. The molecular formula is C15H16N6O. The molecule has 112 valence electrons. The van der Waals surface area contributed by atoms with E-state index in [0.717, 1.165) is 11.3 Å². The van der Waals surface area contributed by atoms with Crippen LogP contribution in [0.1, 0.15) is 28.8 Å². The number of rotatable bonds is 4. The maximum atomic E-state index is 12.7. The smallest absolute Gasteiger partial charge is 0.292 e. The molecular weight excluding hydrogens is 280 g/mol. The number of fused-ring (bicyclic) bond motifs is 1. The van der Waals surface area contributed by atoms with Crippen molar-refractivity contribution in [1.29, 1.82) is 0 Å². The molecule has 1 amide bonds. The Kier molecular flexibility index (Phi) is 3.78. The number of hydrogen-bond donors (Lipinski definition) is 0. The normalized spacial score (nSPS) is 10.8. The highest BCUT2D eigenvalue weighted by Gasteiger charge is 2.21. The summed E-state index contributed by atoms with van der Waals surface area (Å²) in [5.41, 5.74) is 1.81. The Bertz CT molecular complexity index is 798. The molecule has 0 aliphatic rings. The second-order valence-electron chi connectivity index (χ2n) is 4.94. The molecule has 0 bridgehead atoms. The van der Waals surface area contributed by atoms with Gasteiger partial charge in [0.15, 0.2) is 0 Å². The lowest BCUT2D eigenvalue weighted by molar-refractivity contribution is 0.0738. The zero-order valence-corrected chi connectivity index (χ0v) is 12.5. The summed E-state index contributed by atoms with van der Waals surface area (Å²) in [6, 6.07) is 5.62. The maximum absolute atomic E-state index is 12.7. The van der Waals surface area contributed by atoms with Crippen molar-refractivity contribution < 1.29 is 4.79 Å². The molecule has 7 heteroatoms. The molecule has 0 fully saturated rings. The summed E-state index contributed by atoms with van der Waals surface area (Å²) in [6.07, 6.45) is 5.23. The van der Waals surface area contributed by atoms with E-state index in [4.69, 9.17) is 0 Å². The van der Waals surface area contributed by atoms with Gasteiger partial charge in [-0.2, -0.15) is 0 Å². The molecule has 3 aromatic heterocycles. The highest BCUT2D eigenvalue weighted by atomic mass is 16.2. The lowest BCUT2D eigenvalue weighted by Gasteiger charge is -2.19. The van der Waals surface area contributed by atoms with Gasteiger partial charge in [0.25, 0.3) is 11.7 Å². The summed E-state index contributed by atoms with van der Waals surface area (Å²) in [5, 5.41) is 7.96. The van der Waals surface area contributed by atoms with E-state index in [1.165, 1.54) is 0 Å². The van der Waals surface area contributed by atoms with E-state index < -0.39 is 0 Å². The first kappa shape index (κ1) is 14.1. The van der Waals surface area contributed by atoms with Crippen molar-refractivity contribution in [2.45, 2.75) is 20.4 Å². The van der Waals surface area contributed by atoms with Crippen LogP contribution in [0.15, 0.2) is 36.8 Å². The van der Waals surface area contributed by atoms with Crippen LogP contribution in [0.4, 0.5) is 0 Å². The molecule has 0 aliphatic heterocycles. The SMILES string of the molecule is CCN(Cc1cccnc1)C(=O)c1nnc2nc(C)ccn12. The van der Waals surface area contributed by atoms with Crippen LogP contribution in [0.5, 0.6) is 0 Å². The van der Waals surface area contributed by atoms with Crippen LogP contribution in [-0.2, 0) is 6.54 Å². The summed E-state index contributed by atoms with van der Waals surface area (Å²) in [4.78, 5) is 22.7. The predicted octanol–water partition coefficient (Wildman–Crippen LogP) is 1.49. The highest BCUT2D eigenvalue weighted by molar-refractivity contribution is 5.91. The van der Waals surface area contributed by atoms with E-state index in [1.54, 1.807) is 27.9 Å². The quantitative estimate of drug-likeness (QED) is 0.729. The highest BCUT2D eigenvalue weighted by Crippen LogP contribution is 2.09. The zero-order valence-electron chi connectivity index (χ0n) is 12.5. The monoisotopic (exact) mass is 296 g/mol. The Balaban J connectivity index is 1.90. The van der Waals surface area contributed by atoms with Gasteiger partial charge in [-0.25, -0.2) is 4.98 Å². The van der Waals surface area contributed by atoms with Gasteiger partial charge < -0.3 is 4.90 Å². The molecule has 3 aromatic rings. The summed E-state index contributed by atoms with van der Waals surface area (Å²) >= 11 is 0. The number of aryl methyl sites for hydroxylation is 1. The number of nitrogens with zero attached hydrogens (tertiary/aromatic N) is 6. The number of carbonyl (C=O) groups excluding carboxylic acids is 1. The lowest BCUT2D eigenvalue weighted by atomic mass is 10.2. The number of aromatic nitrogens is 5. The standard InChI is InChI=1S/C15H16N6O/c1-3-20(10-12-5-4-7-16-9-12)14(22)13-18-19-15-17-11(2)6-8-21(13)15/h4-9H,3,10H2,1-2H3. The summed E-state index contributed by atoms with van der Waals surface area (Å²) < 4.78 is 1.61. The summed E-state index contributed by atoms with van der Waals surface area (Å²) in [5.74, 6) is 0.526. The third kappa shape index (κ3) is 2.65. The van der Waals surface area contributed by atoms with Gasteiger partial charge in [0, 0.05) is 37.4 Å². The summed E-state index contributed by atoms with van der Waals surface area (Å²) in [7, 11) is 0. The van der Waals surface area contributed by atoms with Gasteiger partial charge in [-0.15, -0.1) is 10.2 Å². The van der Waals surface area contributed by atoms with E-state index in [-0.39, 0.29) is 11.7 Å². The van der Waals surface area contributed by atoms with Gasteiger partial charge in [-0.1, -0.05) is 6.07 Å². The van der Waals surface area contributed by atoms with Crippen LogP contribution < -0.4 is 0 Å². The molecule has 0 spiro atoms. The van der Waals surface area contributed by atoms with Gasteiger partial charge in [0.2, 0.25) is 5.82 Å². The van der Waals surface area contributed by atoms with Gasteiger partial charge in [0.1, 0.15) is 0 Å². The van der Waals surface area contributed by atoms with E-state index in [1.807, 2.05) is 32.0 Å². The van der Waals surface area contributed by atoms with Crippen molar-refractivity contribution in [3.8, 4) is 0 Å². The number of amides is 1. The number of carbonyl (C=O) groups is 1. The zero-order chi connectivity index (χ0) is 15.5. The first-order valence-electron chi connectivity index (χ1n) is 7.05. The minimum atomic E-state index is -0.176. The second-order valence-corrected chi connectivity index (χ2v) is 4.94. The fourth-order valence-corrected chi connectivity index (χ4v) is 2.20. The minimum absolute atomic E-state index is 0.176. The Morgan fingerprint density at radius 1 is 1.32 bits per heavy atom. The second kappa shape index (κ2) is 5.88. The average molecular weight is 296 g/mol. The molecule has 0 saturated heterocycles. The maximum Gasteiger partial charge on any atom is 0.292 e. The minimum Gasteiger partial charge on any atom is -0.332 e. The molecule has 3 heterocycles. The molecule has 0 atom stereocenters. The Labute approximate surface area is 127 Å². The molecule has 0 N–H and O–H groups in total. The first-order chi connectivity index (χ1) is 10.7. The van der Waals surface area contributed by atoms with Gasteiger partial charge in [-0.3, -0.25) is 14.2 Å². The molecule has 0 aliphatic carbocycles. The summed E-state index contributed by atoms with van der Waals surface area (Å²) in [6.45, 7) is 4.86. The Morgan fingerprint density at radius 3 is 2.91 bits per heavy atom. The molecule has 22 heavy (non-hydrogen) atoms. The van der Waals surface area contributed by atoms with Crippen LogP contribution in [0.3, 0.4) is 0 Å². The lowest BCUT2D eigenvalue weighted by Crippen LogP contribution is -2.31. The van der Waals surface area contributed by atoms with E-state index in [0.29, 0.717) is 18.9 Å².